The number of nitrogens with one attached hydrogen (secondary N) is 1. The quantitative estimate of drug-likeness (QED) is 0.696. The van der Waals surface area contributed by atoms with E-state index >= 15 is 0 Å². The standard InChI is InChI=1S/C16H27NO2/c1-5-18-10-6-9-17-12-15(4)19-16-8-7-13(2)11-14(16)3/h7-8,11,15,17H,5-6,9-10,12H2,1-4H3. The lowest BCUT2D eigenvalue weighted by Crippen LogP contribution is -2.30. The summed E-state index contributed by atoms with van der Waals surface area (Å²) in [7, 11) is 0. The van der Waals surface area contributed by atoms with Gasteiger partial charge in [0.2, 0.25) is 0 Å². The van der Waals surface area contributed by atoms with Gasteiger partial charge in [0, 0.05) is 19.8 Å². The summed E-state index contributed by atoms with van der Waals surface area (Å²) in [6.45, 7) is 11.8. The highest BCUT2D eigenvalue weighted by molar-refractivity contribution is 5.35. The zero-order chi connectivity index (χ0) is 14.1. The highest BCUT2D eigenvalue weighted by Crippen LogP contribution is 2.19. The van der Waals surface area contributed by atoms with Crippen molar-refractivity contribution in [3.05, 3.63) is 29.3 Å². The Morgan fingerprint density at radius 2 is 2.05 bits per heavy atom. The summed E-state index contributed by atoms with van der Waals surface area (Å²) in [6.07, 6.45) is 1.22. The Balaban J connectivity index is 2.21. The molecule has 1 aromatic carbocycles. The molecule has 0 aliphatic carbocycles. The molecular formula is C16H27NO2. The molecule has 0 amide bonds. The van der Waals surface area contributed by atoms with Crippen molar-refractivity contribution < 1.29 is 9.47 Å². The number of ether oxygens (including phenoxy) is 2. The van der Waals surface area contributed by atoms with Crippen molar-refractivity contribution in [1.82, 2.24) is 5.32 Å². The summed E-state index contributed by atoms with van der Waals surface area (Å²) in [5.74, 6) is 0.981. The first-order chi connectivity index (χ1) is 9.13. The summed E-state index contributed by atoms with van der Waals surface area (Å²) in [4.78, 5) is 0. The number of aryl methyl sites for hydroxylation is 2. The molecule has 0 radical (unpaired) electrons. The summed E-state index contributed by atoms with van der Waals surface area (Å²) in [6, 6.07) is 6.29. The zero-order valence-corrected chi connectivity index (χ0v) is 12.7. The Morgan fingerprint density at radius 1 is 1.26 bits per heavy atom. The van der Waals surface area contributed by atoms with Crippen LogP contribution in [0, 0.1) is 13.8 Å². The van der Waals surface area contributed by atoms with E-state index in [-0.39, 0.29) is 6.10 Å². The predicted octanol–water partition coefficient (Wildman–Crippen LogP) is 3.09. The van der Waals surface area contributed by atoms with Crippen molar-refractivity contribution in [2.75, 3.05) is 26.3 Å². The molecular weight excluding hydrogens is 238 g/mol. The third kappa shape index (κ3) is 6.60. The molecule has 0 fully saturated rings. The van der Waals surface area contributed by atoms with Crippen LogP contribution in [0.15, 0.2) is 18.2 Å². The lowest BCUT2D eigenvalue weighted by molar-refractivity contribution is 0.143. The molecule has 0 saturated carbocycles. The monoisotopic (exact) mass is 265 g/mol. The van der Waals surface area contributed by atoms with Crippen LogP contribution in [0.1, 0.15) is 31.4 Å². The summed E-state index contributed by atoms with van der Waals surface area (Å²) < 4.78 is 11.2. The molecule has 0 aliphatic rings. The van der Waals surface area contributed by atoms with Crippen molar-refractivity contribution in [2.45, 2.75) is 40.2 Å². The normalized spacial score (nSPS) is 12.4. The van der Waals surface area contributed by atoms with E-state index in [9.17, 15) is 0 Å². The van der Waals surface area contributed by atoms with Crippen molar-refractivity contribution in [3.63, 3.8) is 0 Å². The lowest BCUT2D eigenvalue weighted by atomic mass is 10.1. The van der Waals surface area contributed by atoms with E-state index in [1.807, 2.05) is 6.92 Å². The average molecular weight is 265 g/mol. The first-order valence-corrected chi connectivity index (χ1v) is 7.16. The van der Waals surface area contributed by atoms with Crippen LogP contribution in [0.5, 0.6) is 5.75 Å². The van der Waals surface area contributed by atoms with Gasteiger partial charge in [0.15, 0.2) is 0 Å². The first-order valence-electron chi connectivity index (χ1n) is 7.16. The molecule has 1 atom stereocenters. The maximum Gasteiger partial charge on any atom is 0.122 e. The van der Waals surface area contributed by atoms with Crippen LogP contribution in [0.4, 0.5) is 0 Å². The van der Waals surface area contributed by atoms with E-state index in [1.165, 1.54) is 11.1 Å². The maximum atomic E-state index is 5.93. The molecule has 1 unspecified atom stereocenters. The van der Waals surface area contributed by atoms with Gasteiger partial charge < -0.3 is 14.8 Å². The van der Waals surface area contributed by atoms with Gasteiger partial charge in [-0.05, 0) is 52.3 Å². The number of benzene rings is 1. The molecule has 108 valence electrons. The van der Waals surface area contributed by atoms with E-state index < -0.39 is 0 Å². The van der Waals surface area contributed by atoms with Gasteiger partial charge in [-0.3, -0.25) is 0 Å². The second-order valence-corrected chi connectivity index (χ2v) is 4.95. The average Bonchev–Trinajstić information content (AvgIpc) is 2.37. The van der Waals surface area contributed by atoms with Crippen molar-refractivity contribution in [1.29, 1.82) is 0 Å². The fraction of sp³-hybridized carbons (Fsp3) is 0.625. The summed E-state index contributed by atoms with van der Waals surface area (Å²) in [5.41, 5.74) is 2.47. The topological polar surface area (TPSA) is 30.5 Å². The molecule has 3 heteroatoms. The van der Waals surface area contributed by atoms with Gasteiger partial charge in [-0.25, -0.2) is 0 Å². The molecule has 0 spiro atoms. The Morgan fingerprint density at radius 3 is 2.74 bits per heavy atom. The SMILES string of the molecule is CCOCCCNCC(C)Oc1ccc(C)cc1C. The molecule has 0 aromatic heterocycles. The molecule has 1 aromatic rings. The van der Waals surface area contributed by atoms with Gasteiger partial charge in [-0.2, -0.15) is 0 Å². The van der Waals surface area contributed by atoms with Crippen LogP contribution in [0.25, 0.3) is 0 Å². The first kappa shape index (κ1) is 16.0. The molecule has 0 bridgehead atoms. The number of hydrogen-bond acceptors (Lipinski definition) is 3. The Kier molecular flexibility index (Phi) is 7.53. The predicted molar refractivity (Wildman–Crippen MR) is 80.0 cm³/mol. The second-order valence-electron chi connectivity index (χ2n) is 4.95. The Hall–Kier alpha value is -1.06. The fourth-order valence-electron chi connectivity index (χ4n) is 1.94. The number of hydrogen-bond donors (Lipinski definition) is 1. The minimum absolute atomic E-state index is 0.175. The fourth-order valence-corrected chi connectivity index (χ4v) is 1.94. The van der Waals surface area contributed by atoms with E-state index in [4.69, 9.17) is 9.47 Å². The molecule has 19 heavy (non-hydrogen) atoms. The summed E-state index contributed by atoms with van der Waals surface area (Å²) in [5, 5.41) is 3.39. The molecule has 1 N–H and O–H groups in total. The van der Waals surface area contributed by atoms with Crippen LogP contribution in [0.2, 0.25) is 0 Å². The van der Waals surface area contributed by atoms with Gasteiger partial charge in [-0.15, -0.1) is 0 Å². The Bertz CT molecular complexity index is 366. The van der Waals surface area contributed by atoms with E-state index in [2.05, 4.69) is 44.3 Å². The van der Waals surface area contributed by atoms with Crippen LogP contribution in [-0.2, 0) is 4.74 Å². The van der Waals surface area contributed by atoms with Gasteiger partial charge in [0.05, 0.1) is 0 Å². The Labute approximate surface area is 117 Å². The van der Waals surface area contributed by atoms with Gasteiger partial charge in [0.1, 0.15) is 11.9 Å². The lowest BCUT2D eigenvalue weighted by Gasteiger charge is -2.17. The highest BCUT2D eigenvalue weighted by atomic mass is 16.5. The van der Waals surface area contributed by atoms with Crippen LogP contribution in [0.3, 0.4) is 0 Å². The minimum atomic E-state index is 0.175. The van der Waals surface area contributed by atoms with Crippen molar-refractivity contribution in [2.24, 2.45) is 0 Å². The smallest absolute Gasteiger partial charge is 0.122 e. The van der Waals surface area contributed by atoms with Gasteiger partial charge in [0.25, 0.3) is 0 Å². The van der Waals surface area contributed by atoms with E-state index in [0.717, 1.165) is 38.5 Å². The van der Waals surface area contributed by atoms with Crippen LogP contribution < -0.4 is 10.1 Å². The highest BCUT2D eigenvalue weighted by Gasteiger charge is 2.05. The second kappa shape index (κ2) is 8.94. The zero-order valence-electron chi connectivity index (χ0n) is 12.7. The largest absolute Gasteiger partial charge is 0.489 e. The molecule has 0 aliphatic heterocycles. The van der Waals surface area contributed by atoms with Crippen molar-refractivity contribution >= 4 is 0 Å². The molecule has 0 heterocycles. The third-order valence-corrected chi connectivity index (χ3v) is 2.94. The maximum absolute atomic E-state index is 5.93. The van der Waals surface area contributed by atoms with Gasteiger partial charge >= 0.3 is 0 Å². The van der Waals surface area contributed by atoms with Gasteiger partial charge in [-0.1, -0.05) is 17.7 Å². The number of rotatable bonds is 9. The van der Waals surface area contributed by atoms with Crippen molar-refractivity contribution in [3.8, 4) is 5.75 Å². The molecule has 0 saturated heterocycles. The van der Waals surface area contributed by atoms with Crippen LogP contribution >= 0.6 is 0 Å². The summed E-state index contributed by atoms with van der Waals surface area (Å²) >= 11 is 0. The van der Waals surface area contributed by atoms with E-state index in [1.54, 1.807) is 0 Å². The minimum Gasteiger partial charge on any atom is -0.489 e. The molecule has 1 rings (SSSR count). The van der Waals surface area contributed by atoms with E-state index in [0.29, 0.717) is 0 Å². The molecule has 3 nitrogen and oxygen atoms in total. The van der Waals surface area contributed by atoms with Crippen LogP contribution in [-0.4, -0.2) is 32.4 Å². The third-order valence-electron chi connectivity index (χ3n) is 2.94.